The minimum absolute atomic E-state index is 0.101. The van der Waals surface area contributed by atoms with Gasteiger partial charge in [-0.15, -0.1) is 23.2 Å². The van der Waals surface area contributed by atoms with E-state index in [-0.39, 0.29) is 5.92 Å². The van der Waals surface area contributed by atoms with Crippen molar-refractivity contribution in [1.82, 2.24) is 0 Å². The van der Waals surface area contributed by atoms with E-state index in [0.717, 1.165) is 6.29 Å². The van der Waals surface area contributed by atoms with E-state index in [1.807, 2.05) is 0 Å². The van der Waals surface area contributed by atoms with Crippen LogP contribution in [0.1, 0.15) is 6.42 Å². The van der Waals surface area contributed by atoms with Crippen LogP contribution in [0, 0.1) is 5.92 Å². The molecule has 3 heteroatoms. The summed E-state index contributed by atoms with van der Waals surface area (Å²) in [5, 5.41) is 0. The topological polar surface area (TPSA) is 17.1 Å². The van der Waals surface area contributed by atoms with E-state index < -0.39 is 4.33 Å². The zero-order valence-corrected chi connectivity index (χ0v) is 5.04. The molecule has 1 nitrogen and oxygen atoms in total. The van der Waals surface area contributed by atoms with E-state index in [9.17, 15) is 4.79 Å². The summed E-state index contributed by atoms with van der Waals surface area (Å²) in [5.41, 5.74) is 0. The third-order valence-corrected chi connectivity index (χ3v) is 1.91. The first-order valence-corrected chi connectivity index (χ1v) is 2.75. The molecule has 0 aromatic carbocycles. The number of carbonyl (C=O) groups excluding carboxylic acids is 1. The summed E-state index contributed by atoms with van der Waals surface area (Å²) in [4.78, 5) is 9.81. The van der Waals surface area contributed by atoms with Gasteiger partial charge >= 0.3 is 0 Å². The molecule has 0 saturated heterocycles. The highest BCUT2D eigenvalue weighted by Gasteiger charge is 2.51. The SMILES string of the molecule is O=C[C@@H]1CC1(Cl)Cl. The largest absolute Gasteiger partial charge is 0.303 e. The maximum Gasteiger partial charge on any atom is 0.128 e. The van der Waals surface area contributed by atoms with E-state index in [1.165, 1.54) is 0 Å². The molecule has 0 amide bonds. The number of rotatable bonds is 1. The van der Waals surface area contributed by atoms with E-state index in [4.69, 9.17) is 23.2 Å². The zero-order valence-electron chi connectivity index (χ0n) is 3.53. The standard InChI is InChI=1S/C4H4Cl2O/c5-4(6)1-3(4)2-7/h2-3H,1H2/t3-/m0/s1. The molecule has 1 rings (SSSR count). The molecule has 1 saturated carbocycles. The molecule has 0 radical (unpaired) electrons. The van der Waals surface area contributed by atoms with Crippen LogP contribution in [0.2, 0.25) is 0 Å². The molecular formula is C4H4Cl2O. The highest BCUT2D eigenvalue weighted by atomic mass is 35.5. The van der Waals surface area contributed by atoms with Crippen LogP contribution >= 0.6 is 23.2 Å². The van der Waals surface area contributed by atoms with Crippen molar-refractivity contribution in [2.24, 2.45) is 5.92 Å². The molecule has 0 heterocycles. The molecule has 0 aliphatic heterocycles. The first-order valence-electron chi connectivity index (χ1n) is 2.00. The van der Waals surface area contributed by atoms with Crippen LogP contribution in [-0.4, -0.2) is 10.6 Å². The van der Waals surface area contributed by atoms with Crippen molar-refractivity contribution in [2.75, 3.05) is 0 Å². The minimum atomic E-state index is -0.707. The molecule has 1 fully saturated rings. The maximum atomic E-state index is 9.81. The predicted octanol–water partition coefficient (Wildman–Crippen LogP) is 1.38. The van der Waals surface area contributed by atoms with Crippen LogP contribution in [0.4, 0.5) is 0 Å². The Morgan fingerprint density at radius 2 is 2.14 bits per heavy atom. The normalized spacial score (nSPS) is 34.9. The molecular weight excluding hydrogens is 135 g/mol. The summed E-state index contributed by atoms with van der Waals surface area (Å²) in [6, 6.07) is 0. The van der Waals surface area contributed by atoms with Gasteiger partial charge in [-0.25, -0.2) is 0 Å². The van der Waals surface area contributed by atoms with Crippen molar-refractivity contribution >= 4 is 29.5 Å². The van der Waals surface area contributed by atoms with Gasteiger partial charge < -0.3 is 4.79 Å². The quantitative estimate of drug-likeness (QED) is 0.396. The van der Waals surface area contributed by atoms with Crippen molar-refractivity contribution in [3.8, 4) is 0 Å². The third-order valence-electron chi connectivity index (χ3n) is 1.04. The molecule has 0 N–H and O–H groups in total. The molecule has 1 aliphatic rings. The fourth-order valence-electron chi connectivity index (χ4n) is 0.382. The number of hydrogen-bond acceptors (Lipinski definition) is 1. The predicted molar refractivity (Wildman–Crippen MR) is 28.6 cm³/mol. The Bertz CT molecular complexity index is 99.9. The van der Waals surface area contributed by atoms with Crippen molar-refractivity contribution in [1.29, 1.82) is 0 Å². The van der Waals surface area contributed by atoms with E-state index in [0.29, 0.717) is 6.42 Å². The van der Waals surface area contributed by atoms with E-state index >= 15 is 0 Å². The molecule has 40 valence electrons. The third kappa shape index (κ3) is 0.892. The highest BCUT2D eigenvalue weighted by molar-refractivity contribution is 6.51. The van der Waals surface area contributed by atoms with Crippen molar-refractivity contribution in [2.45, 2.75) is 10.8 Å². The fourth-order valence-corrected chi connectivity index (χ4v) is 0.817. The molecule has 7 heavy (non-hydrogen) atoms. The van der Waals surface area contributed by atoms with Gasteiger partial charge in [0.25, 0.3) is 0 Å². The smallest absolute Gasteiger partial charge is 0.128 e. The molecule has 1 aliphatic carbocycles. The van der Waals surface area contributed by atoms with Crippen molar-refractivity contribution < 1.29 is 4.79 Å². The first kappa shape index (κ1) is 5.39. The lowest BCUT2D eigenvalue weighted by Gasteiger charge is -1.84. The first-order chi connectivity index (χ1) is 3.17. The average molecular weight is 139 g/mol. The summed E-state index contributed by atoms with van der Waals surface area (Å²) in [7, 11) is 0. The second kappa shape index (κ2) is 1.36. The van der Waals surface area contributed by atoms with Gasteiger partial charge in [-0.05, 0) is 6.42 Å². The summed E-state index contributed by atoms with van der Waals surface area (Å²) in [5.74, 6) is -0.101. The van der Waals surface area contributed by atoms with Gasteiger partial charge in [0.15, 0.2) is 0 Å². The Kier molecular flexibility index (Phi) is 1.05. The molecule has 0 spiro atoms. The summed E-state index contributed by atoms with van der Waals surface area (Å²) in [6.07, 6.45) is 1.42. The molecule has 0 bridgehead atoms. The lowest BCUT2D eigenvalue weighted by molar-refractivity contribution is -0.108. The highest BCUT2D eigenvalue weighted by Crippen LogP contribution is 2.51. The molecule has 0 unspecified atom stereocenters. The lowest BCUT2D eigenvalue weighted by Crippen LogP contribution is -1.88. The van der Waals surface area contributed by atoms with E-state index in [1.54, 1.807) is 0 Å². The van der Waals surface area contributed by atoms with Gasteiger partial charge in [0.1, 0.15) is 10.6 Å². The Morgan fingerprint density at radius 1 is 1.71 bits per heavy atom. The number of alkyl halides is 2. The Hall–Kier alpha value is 0.250. The van der Waals surface area contributed by atoms with Crippen molar-refractivity contribution in [3.63, 3.8) is 0 Å². The van der Waals surface area contributed by atoms with E-state index in [2.05, 4.69) is 0 Å². The molecule has 0 aromatic heterocycles. The molecule has 1 atom stereocenters. The minimum Gasteiger partial charge on any atom is -0.303 e. The van der Waals surface area contributed by atoms with Crippen LogP contribution in [0.5, 0.6) is 0 Å². The van der Waals surface area contributed by atoms with Gasteiger partial charge in [0.05, 0.1) is 5.92 Å². The summed E-state index contributed by atoms with van der Waals surface area (Å²) in [6.45, 7) is 0. The Morgan fingerprint density at radius 3 is 2.14 bits per heavy atom. The maximum absolute atomic E-state index is 9.81. The number of hydrogen-bond donors (Lipinski definition) is 0. The summed E-state index contributed by atoms with van der Waals surface area (Å²) >= 11 is 10.9. The number of carbonyl (C=O) groups is 1. The fraction of sp³-hybridized carbons (Fsp3) is 0.750. The van der Waals surface area contributed by atoms with Crippen molar-refractivity contribution in [3.05, 3.63) is 0 Å². The summed E-state index contributed by atoms with van der Waals surface area (Å²) < 4.78 is -0.707. The second-order valence-corrected chi connectivity index (χ2v) is 3.25. The molecule has 0 aromatic rings. The van der Waals surface area contributed by atoms with Gasteiger partial charge in [0, 0.05) is 0 Å². The Balaban J connectivity index is 2.44. The van der Waals surface area contributed by atoms with Crippen LogP contribution in [0.3, 0.4) is 0 Å². The number of halogens is 2. The van der Waals surface area contributed by atoms with Gasteiger partial charge in [0.2, 0.25) is 0 Å². The van der Waals surface area contributed by atoms with Crippen LogP contribution in [0.25, 0.3) is 0 Å². The zero-order chi connectivity index (χ0) is 5.49. The van der Waals surface area contributed by atoms with Gasteiger partial charge in [-0.1, -0.05) is 0 Å². The Labute approximate surface area is 51.6 Å². The van der Waals surface area contributed by atoms with Crippen LogP contribution in [0.15, 0.2) is 0 Å². The number of aldehydes is 1. The van der Waals surface area contributed by atoms with Crippen LogP contribution < -0.4 is 0 Å². The lowest BCUT2D eigenvalue weighted by atomic mass is 10.5. The van der Waals surface area contributed by atoms with Crippen LogP contribution in [-0.2, 0) is 4.79 Å². The monoisotopic (exact) mass is 138 g/mol. The second-order valence-electron chi connectivity index (χ2n) is 1.71. The van der Waals surface area contributed by atoms with Gasteiger partial charge in [-0.3, -0.25) is 0 Å². The van der Waals surface area contributed by atoms with Gasteiger partial charge in [-0.2, -0.15) is 0 Å². The average Bonchev–Trinajstić information content (AvgIpc) is 2.13.